The number of nitrogens with one attached hydrogen (secondary N) is 2. The molecular formula is C13H21BrN4O. The molecule has 0 spiro atoms. The van der Waals surface area contributed by atoms with Gasteiger partial charge in [-0.05, 0) is 35.4 Å². The van der Waals surface area contributed by atoms with Crippen molar-refractivity contribution in [2.75, 3.05) is 13.1 Å². The minimum Gasteiger partial charge on any atom is -0.495 e. The summed E-state index contributed by atoms with van der Waals surface area (Å²) in [4.78, 5) is 4.21. The Kier molecular flexibility index (Phi) is 6.49. The average Bonchev–Trinajstić information content (AvgIpc) is 2.36. The van der Waals surface area contributed by atoms with Gasteiger partial charge in [-0.2, -0.15) is 0 Å². The van der Waals surface area contributed by atoms with E-state index >= 15 is 0 Å². The first-order valence-electron chi connectivity index (χ1n) is 6.25. The maximum atomic E-state index is 8.88. The molecule has 1 atom stereocenters. The van der Waals surface area contributed by atoms with E-state index in [0.717, 1.165) is 29.6 Å². The first-order chi connectivity index (χ1) is 9.00. The summed E-state index contributed by atoms with van der Waals surface area (Å²) in [6, 6.07) is 0. The molecule has 19 heavy (non-hydrogen) atoms. The van der Waals surface area contributed by atoms with Crippen molar-refractivity contribution in [2.45, 2.75) is 19.8 Å². The third-order valence-electron chi connectivity index (χ3n) is 2.76. The van der Waals surface area contributed by atoms with Crippen LogP contribution in [-0.4, -0.2) is 24.0 Å². The van der Waals surface area contributed by atoms with Gasteiger partial charge in [0.2, 0.25) is 0 Å². The molecule has 0 aliphatic carbocycles. The van der Waals surface area contributed by atoms with E-state index in [1.165, 1.54) is 0 Å². The highest BCUT2D eigenvalue weighted by atomic mass is 79.9. The molecule has 0 amide bonds. The number of aliphatic hydroxyl groups excluding tert-OH is 1. The fraction of sp³-hybridized carbons (Fsp3) is 0.462. The summed E-state index contributed by atoms with van der Waals surface area (Å²) in [5.74, 6) is 0.899. The Balaban J connectivity index is 2.46. The largest absolute Gasteiger partial charge is 0.495 e. The van der Waals surface area contributed by atoms with Gasteiger partial charge in [-0.25, -0.2) is 4.99 Å². The summed E-state index contributed by atoms with van der Waals surface area (Å²) < 4.78 is 0.891. The van der Waals surface area contributed by atoms with Crippen LogP contribution in [0.25, 0.3) is 0 Å². The Morgan fingerprint density at radius 2 is 2.37 bits per heavy atom. The fourth-order valence-corrected chi connectivity index (χ4v) is 1.95. The van der Waals surface area contributed by atoms with Gasteiger partial charge in [0.15, 0.2) is 5.88 Å². The van der Waals surface area contributed by atoms with E-state index in [-0.39, 0.29) is 11.8 Å². The first-order valence-corrected chi connectivity index (χ1v) is 7.05. The number of allylic oxidation sites excluding steroid dienone is 2. The molecule has 5 nitrogen and oxygen atoms in total. The zero-order chi connectivity index (χ0) is 14.3. The van der Waals surface area contributed by atoms with Gasteiger partial charge in [-0.15, -0.1) is 0 Å². The summed E-state index contributed by atoms with van der Waals surface area (Å²) in [5, 5.41) is 15.0. The standard InChI is InChI=1S/C13H21BrN4O/c1-9-4-5-12(11(14)8-18-13(9)15)17-7-3-6-16-10(2)19/h5,8-9,16-17,19H,2-4,6-7H2,1H3,(H2,15,18). The van der Waals surface area contributed by atoms with Crippen LogP contribution < -0.4 is 16.4 Å². The van der Waals surface area contributed by atoms with Crippen molar-refractivity contribution in [1.29, 1.82) is 0 Å². The van der Waals surface area contributed by atoms with E-state index in [2.05, 4.69) is 51.1 Å². The molecule has 0 aromatic carbocycles. The van der Waals surface area contributed by atoms with Crippen LogP contribution in [0.1, 0.15) is 19.8 Å². The molecule has 0 bridgehead atoms. The topological polar surface area (TPSA) is 82.7 Å². The van der Waals surface area contributed by atoms with Crippen LogP contribution in [0.15, 0.2) is 39.9 Å². The second kappa shape index (κ2) is 7.89. The molecule has 1 unspecified atom stereocenters. The third-order valence-corrected chi connectivity index (χ3v) is 3.39. The quantitative estimate of drug-likeness (QED) is 0.444. The zero-order valence-electron chi connectivity index (χ0n) is 11.1. The molecule has 0 saturated carbocycles. The van der Waals surface area contributed by atoms with Gasteiger partial charge in [-0.1, -0.05) is 13.0 Å². The predicted octanol–water partition coefficient (Wildman–Crippen LogP) is 2.10. The van der Waals surface area contributed by atoms with Crippen molar-refractivity contribution in [1.82, 2.24) is 10.6 Å². The molecule has 0 saturated heterocycles. The highest BCUT2D eigenvalue weighted by molar-refractivity contribution is 9.12. The molecule has 1 heterocycles. The second-order valence-corrected chi connectivity index (χ2v) is 5.29. The number of nitrogens with two attached hydrogens (primary N) is 1. The number of hydrogen-bond acceptors (Lipinski definition) is 5. The lowest BCUT2D eigenvalue weighted by Gasteiger charge is -2.15. The molecule has 6 heteroatoms. The third kappa shape index (κ3) is 5.83. The molecule has 0 fully saturated rings. The SMILES string of the molecule is C=C(O)NCCCNC1=CCC(C)C(N)=NC=C1Br. The summed E-state index contributed by atoms with van der Waals surface area (Å²) in [5.41, 5.74) is 6.84. The maximum Gasteiger partial charge on any atom is 0.176 e. The van der Waals surface area contributed by atoms with Gasteiger partial charge in [0, 0.05) is 30.9 Å². The number of nitrogens with zero attached hydrogens (tertiary/aromatic N) is 1. The van der Waals surface area contributed by atoms with E-state index < -0.39 is 0 Å². The number of hydrogen-bond donors (Lipinski definition) is 4. The van der Waals surface area contributed by atoms with E-state index in [1.807, 2.05) is 0 Å². The Bertz CT molecular complexity index is 415. The fourth-order valence-electron chi connectivity index (χ4n) is 1.54. The summed E-state index contributed by atoms with van der Waals surface area (Å²) in [6.45, 7) is 6.89. The van der Waals surface area contributed by atoms with Crippen LogP contribution in [0.3, 0.4) is 0 Å². The van der Waals surface area contributed by atoms with Crippen molar-refractivity contribution in [2.24, 2.45) is 16.6 Å². The van der Waals surface area contributed by atoms with Crippen LogP contribution in [-0.2, 0) is 0 Å². The molecule has 0 aromatic rings. The van der Waals surface area contributed by atoms with E-state index in [4.69, 9.17) is 10.8 Å². The lowest BCUT2D eigenvalue weighted by atomic mass is 10.1. The Morgan fingerprint density at radius 1 is 1.63 bits per heavy atom. The Hall–Kier alpha value is -1.43. The normalized spacial score (nSPS) is 19.5. The first kappa shape index (κ1) is 15.6. The molecule has 5 N–H and O–H groups in total. The average molecular weight is 329 g/mol. The van der Waals surface area contributed by atoms with Crippen LogP contribution in [0, 0.1) is 5.92 Å². The van der Waals surface area contributed by atoms with Crippen molar-refractivity contribution < 1.29 is 5.11 Å². The summed E-state index contributed by atoms with van der Waals surface area (Å²) in [6.07, 6.45) is 5.56. The Morgan fingerprint density at radius 3 is 3.05 bits per heavy atom. The van der Waals surface area contributed by atoms with Crippen LogP contribution in [0.5, 0.6) is 0 Å². The number of aliphatic hydroxyl groups is 1. The molecule has 0 radical (unpaired) electrons. The second-order valence-electron chi connectivity index (χ2n) is 4.44. The highest BCUT2D eigenvalue weighted by Gasteiger charge is 2.10. The van der Waals surface area contributed by atoms with Gasteiger partial charge in [-0.3, -0.25) is 0 Å². The Labute approximate surface area is 122 Å². The number of halogens is 1. The number of amidine groups is 1. The van der Waals surface area contributed by atoms with Crippen molar-refractivity contribution >= 4 is 21.8 Å². The minimum atomic E-state index is 0.00452. The van der Waals surface area contributed by atoms with Crippen LogP contribution in [0.4, 0.5) is 0 Å². The van der Waals surface area contributed by atoms with Gasteiger partial charge in [0.1, 0.15) is 5.84 Å². The van der Waals surface area contributed by atoms with Crippen molar-refractivity contribution in [3.63, 3.8) is 0 Å². The zero-order valence-corrected chi connectivity index (χ0v) is 12.7. The van der Waals surface area contributed by atoms with Crippen LogP contribution in [0.2, 0.25) is 0 Å². The predicted molar refractivity (Wildman–Crippen MR) is 82.9 cm³/mol. The molecule has 1 aliphatic rings. The lowest BCUT2D eigenvalue weighted by molar-refractivity contribution is 0.366. The van der Waals surface area contributed by atoms with Gasteiger partial charge >= 0.3 is 0 Å². The van der Waals surface area contributed by atoms with E-state index in [0.29, 0.717) is 12.4 Å². The van der Waals surface area contributed by atoms with Gasteiger partial charge < -0.3 is 21.5 Å². The molecular weight excluding hydrogens is 308 g/mol. The maximum absolute atomic E-state index is 8.88. The van der Waals surface area contributed by atoms with Crippen molar-refractivity contribution in [3.8, 4) is 0 Å². The number of rotatable bonds is 6. The van der Waals surface area contributed by atoms with Gasteiger partial charge in [0.25, 0.3) is 0 Å². The smallest absolute Gasteiger partial charge is 0.176 e. The highest BCUT2D eigenvalue weighted by Crippen LogP contribution is 2.19. The number of aliphatic imine (C=N–C) groups is 1. The summed E-state index contributed by atoms with van der Waals surface area (Å²) in [7, 11) is 0. The molecule has 1 aliphatic heterocycles. The lowest BCUT2D eigenvalue weighted by Crippen LogP contribution is -2.24. The minimum absolute atomic E-state index is 0.00452. The van der Waals surface area contributed by atoms with E-state index in [9.17, 15) is 0 Å². The monoisotopic (exact) mass is 328 g/mol. The molecule has 0 aromatic heterocycles. The van der Waals surface area contributed by atoms with Crippen LogP contribution >= 0.6 is 15.9 Å². The molecule has 1 rings (SSSR count). The molecule has 106 valence electrons. The van der Waals surface area contributed by atoms with Crippen molar-refractivity contribution in [3.05, 3.63) is 34.9 Å². The van der Waals surface area contributed by atoms with E-state index in [1.54, 1.807) is 6.20 Å². The summed E-state index contributed by atoms with van der Waals surface area (Å²) >= 11 is 3.48. The van der Waals surface area contributed by atoms with Gasteiger partial charge in [0.05, 0.1) is 4.48 Å².